The fraction of sp³-hybridized carbons (Fsp3) is 0.267. The Hall–Kier alpha value is -1.83. The van der Waals surface area contributed by atoms with Crippen LogP contribution >= 0.6 is 0 Å². The predicted octanol–water partition coefficient (Wildman–Crippen LogP) is 2.89. The van der Waals surface area contributed by atoms with Crippen molar-refractivity contribution in [3.63, 3.8) is 0 Å². The highest BCUT2D eigenvalue weighted by molar-refractivity contribution is 5.87. The summed E-state index contributed by atoms with van der Waals surface area (Å²) in [6.45, 7) is 3.77. The fourth-order valence-corrected chi connectivity index (χ4v) is 2.01. The Kier molecular flexibility index (Phi) is 2.88. The van der Waals surface area contributed by atoms with E-state index in [0.717, 1.165) is 0 Å². The Bertz CT molecular complexity index is 552. The standard InChI is InChI=1S/C15H17NO/c1-15(2,14(16)17)10-12-8-5-7-11-6-3-4-9-13(11)12/h3-9H,10H2,1-2H3,(H2,16,17). The van der Waals surface area contributed by atoms with Gasteiger partial charge in [-0.05, 0) is 22.8 Å². The van der Waals surface area contributed by atoms with Gasteiger partial charge >= 0.3 is 0 Å². The van der Waals surface area contributed by atoms with Crippen molar-refractivity contribution in [1.82, 2.24) is 0 Å². The molecule has 0 spiro atoms. The van der Waals surface area contributed by atoms with E-state index < -0.39 is 5.41 Å². The van der Waals surface area contributed by atoms with Gasteiger partial charge in [0.1, 0.15) is 0 Å². The van der Waals surface area contributed by atoms with Crippen LogP contribution in [0.2, 0.25) is 0 Å². The average molecular weight is 227 g/mol. The number of benzene rings is 2. The van der Waals surface area contributed by atoms with Gasteiger partial charge in [0, 0.05) is 5.41 Å². The van der Waals surface area contributed by atoms with Crippen molar-refractivity contribution in [3.8, 4) is 0 Å². The van der Waals surface area contributed by atoms with Gasteiger partial charge in [-0.1, -0.05) is 56.3 Å². The zero-order valence-electron chi connectivity index (χ0n) is 10.2. The predicted molar refractivity (Wildman–Crippen MR) is 70.6 cm³/mol. The molecule has 2 N–H and O–H groups in total. The lowest BCUT2D eigenvalue weighted by atomic mass is 9.83. The molecule has 2 heteroatoms. The first-order valence-corrected chi connectivity index (χ1v) is 5.77. The minimum atomic E-state index is -0.510. The van der Waals surface area contributed by atoms with Gasteiger partial charge in [-0.3, -0.25) is 4.79 Å². The number of rotatable bonds is 3. The van der Waals surface area contributed by atoms with E-state index in [1.807, 2.05) is 32.0 Å². The molecule has 2 aromatic rings. The summed E-state index contributed by atoms with van der Waals surface area (Å²) < 4.78 is 0. The first-order valence-electron chi connectivity index (χ1n) is 5.77. The van der Waals surface area contributed by atoms with Crippen LogP contribution in [0.25, 0.3) is 10.8 Å². The number of primary amides is 1. The van der Waals surface area contributed by atoms with Crippen LogP contribution in [-0.4, -0.2) is 5.91 Å². The largest absolute Gasteiger partial charge is 0.369 e. The van der Waals surface area contributed by atoms with E-state index in [4.69, 9.17) is 5.73 Å². The summed E-state index contributed by atoms with van der Waals surface area (Å²) in [6.07, 6.45) is 0.670. The van der Waals surface area contributed by atoms with Crippen molar-refractivity contribution in [2.24, 2.45) is 11.1 Å². The van der Waals surface area contributed by atoms with Crippen LogP contribution in [0.15, 0.2) is 42.5 Å². The topological polar surface area (TPSA) is 43.1 Å². The van der Waals surface area contributed by atoms with Crippen LogP contribution in [0, 0.1) is 5.41 Å². The number of fused-ring (bicyclic) bond motifs is 1. The molecule has 0 aliphatic rings. The van der Waals surface area contributed by atoms with Crippen LogP contribution in [0.5, 0.6) is 0 Å². The van der Waals surface area contributed by atoms with Crippen molar-refractivity contribution in [3.05, 3.63) is 48.0 Å². The van der Waals surface area contributed by atoms with Gasteiger partial charge in [0.05, 0.1) is 0 Å². The molecule has 0 aliphatic carbocycles. The average Bonchev–Trinajstić information content (AvgIpc) is 2.29. The van der Waals surface area contributed by atoms with Crippen molar-refractivity contribution >= 4 is 16.7 Å². The summed E-state index contributed by atoms with van der Waals surface area (Å²) in [6, 6.07) is 14.4. The molecule has 0 unspecified atom stereocenters. The molecule has 2 rings (SSSR count). The van der Waals surface area contributed by atoms with Crippen molar-refractivity contribution in [2.45, 2.75) is 20.3 Å². The zero-order chi connectivity index (χ0) is 12.5. The van der Waals surface area contributed by atoms with E-state index in [1.165, 1.54) is 16.3 Å². The molecular formula is C15H17NO. The fourth-order valence-electron chi connectivity index (χ4n) is 2.01. The Morgan fingerprint density at radius 2 is 1.76 bits per heavy atom. The van der Waals surface area contributed by atoms with Crippen LogP contribution < -0.4 is 5.73 Å². The van der Waals surface area contributed by atoms with Gasteiger partial charge in [0.2, 0.25) is 5.91 Å². The molecule has 0 heterocycles. The molecule has 0 bridgehead atoms. The molecule has 0 aliphatic heterocycles. The van der Waals surface area contributed by atoms with Crippen molar-refractivity contribution in [1.29, 1.82) is 0 Å². The van der Waals surface area contributed by atoms with Crippen LogP contribution in [0.1, 0.15) is 19.4 Å². The number of hydrogen-bond acceptors (Lipinski definition) is 1. The van der Waals surface area contributed by atoms with Crippen molar-refractivity contribution in [2.75, 3.05) is 0 Å². The maximum Gasteiger partial charge on any atom is 0.223 e. The van der Waals surface area contributed by atoms with Gasteiger partial charge in [-0.25, -0.2) is 0 Å². The zero-order valence-corrected chi connectivity index (χ0v) is 10.2. The Labute approximate surface area is 101 Å². The molecule has 0 saturated carbocycles. The van der Waals surface area contributed by atoms with E-state index in [2.05, 4.69) is 24.3 Å². The SMILES string of the molecule is CC(C)(Cc1cccc2ccccc12)C(N)=O. The summed E-state index contributed by atoms with van der Waals surface area (Å²) >= 11 is 0. The van der Waals surface area contributed by atoms with Gasteiger partial charge in [-0.2, -0.15) is 0 Å². The summed E-state index contributed by atoms with van der Waals surface area (Å²) in [5, 5.41) is 2.40. The summed E-state index contributed by atoms with van der Waals surface area (Å²) in [7, 11) is 0. The molecule has 0 aromatic heterocycles. The third kappa shape index (κ3) is 2.31. The highest BCUT2D eigenvalue weighted by Gasteiger charge is 2.25. The monoisotopic (exact) mass is 227 g/mol. The molecule has 1 amide bonds. The van der Waals surface area contributed by atoms with E-state index in [0.29, 0.717) is 6.42 Å². The molecule has 0 saturated heterocycles. The number of nitrogens with two attached hydrogens (primary N) is 1. The highest BCUT2D eigenvalue weighted by Crippen LogP contribution is 2.26. The maximum atomic E-state index is 11.4. The molecule has 0 radical (unpaired) electrons. The first kappa shape index (κ1) is 11.6. The Balaban J connectivity index is 2.46. The maximum absolute atomic E-state index is 11.4. The van der Waals surface area contributed by atoms with Gasteiger partial charge in [-0.15, -0.1) is 0 Å². The second-order valence-electron chi connectivity index (χ2n) is 5.06. The minimum absolute atomic E-state index is 0.259. The number of carbonyl (C=O) groups is 1. The summed E-state index contributed by atoms with van der Waals surface area (Å²) in [4.78, 5) is 11.4. The lowest BCUT2D eigenvalue weighted by Crippen LogP contribution is -2.33. The molecule has 2 aromatic carbocycles. The normalized spacial score (nSPS) is 11.6. The number of amides is 1. The second-order valence-corrected chi connectivity index (χ2v) is 5.06. The molecule has 2 nitrogen and oxygen atoms in total. The van der Waals surface area contributed by atoms with Gasteiger partial charge in [0.15, 0.2) is 0 Å². The third-order valence-corrected chi connectivity index (χ3v) is 3.18. The van der Waals surface area contributed by atoms with Gasteiger partial charge in [0.25, 0.3) is 0 Å². The number of carbonyl (C=O) groups excluding carboxylic acids is 1. The molecule has 0 atom stereocenters. The van der Waals surface area contributed by atoms with Crippen molar-refractivity contribution < 1.29 is 4.79 Å². The van der Waals surface area contributed by atoms with E-state index in [-0.39, 0.29) is 5.91 Å². The summed E-state index contributed by atoms with van der Waals surface area (Å²) in [5.41, 5.74) is 6.09. The van der Waals surface area contributed by atoms with E-state index in [9.17, 15) is 4.79 Å². The molecule has 88 valence electrons. The van der Waals surface area contributed by atoms with Gasteiger partial charge < -0.3 is 5.73 Å². The van der Waals surface area contributed by atoms with E-state index in [1.54, 1.807) is 0 Å². The Morgan fingerprint density at radius 1 is 1.12 bits per heavy atom. The molecule has 17 heavy (non-hydrogen) atoms. The lowest BCUT2D eigenvalue weighted by Gasteiger charge is -2.21. The number of hydrogen-bond donors (Lipinski definition) is 1. The lowest BCUT2D eigenvalue weighted by molar-refractivity contribution is -0.125. The quantitative estimate of drug-likeness (QED) is 0.860. The first-order chi connectivity index (χ1) is 8.00. The third-order valence-electron chi connectivity index (χ3n) is 3.18. The molecular weight excluding hydrogens is 210 g/mol. The van der Waals surface area contributed by atoms with E-state index >= 15 is 0 Å². The van der Waals surface area contributed by atoms with Crippen LogP contribution in [0.3, 0.4) is 0 Å². The second kappa shape index (κ2) is 4.21. The highest BCUT2D eigenvalue weighted by atomic mass is 16.1. The Morgan fingerprint density at radius 3 is 2.47 bits per heavy atom. The molecule has 0 fully saturated rings. The smallest absolute Gasteiger partial charge is 0.223 e. The minimum Gasteiger partial charge on any atom is -0.369 e. The summed E-state index contributed by atoms with van der Waals surface area (Å²) in [5.74, 6) is -0.259. The van der Waals surface area contributed by atoms with Crippen LogP contribution in [0.4, 0.5) is 0 Å². The van der Waals surface area contributed by atoms with Crippen LogP contribution in [-0.2, 0) is 11.2 Å².